The molecule has 0 bridgehead atoms. The van der Waals surface area contributed by atoms with Gasteiger partial charge in [0.2, 0.25) is 0 Å². The number of phenols is 1. The molecule has 3 heterocycles. The number of nitrogens with zero attached hydrogens (tertiary/aromatic N) is 4. The van der Waals surface area contributed by atoms with Crippen molar-refractivity contribution in [1.82, 2.24) is 9.38 Å². The number of furan rings is 1. The molecule has 0 aliphatic rings. The van der Waals surface area contributed by atoms with Gasteiger partial charge in [-0.2, -0.15) is 0 Å². The van der Waals surface area contributed by atoms with E-state index in [0.29, 0.717) is 28.6 Å². The van der Waals surface area contributed by atoms with E-state index in [-0.39, 0.29) is 5.75 Å². The van der Waals surface area contributed by atoms with Crippen LogP contribution in [0.25, 0.3) is 17.1 Å². The number of hydrogen-bond donors (Lipinski definition) is 1. The van der Waals surface area contributed by atoms with Crippen LogP contribution in [-0.2, 0) is 0 Å². The molecule has 118 valence electrons. The molecule has 0 saturated heterocycles. The molecule has 1 N–H and O–H groups in total. The normalized spacial score (nSPS) is 11.5. The summed E-state index contributed by atoms with van der Waals surface area (Å²) in [4.78, 5) is 4.43. The maximum atomic E-state index is 13.6. The van der Waals surface area contributed by atoms with Gasteiger partial charge >= 0.3 is 0 Å². The third-order valence-corrected chi connectivity index (χ3v) is 3.40. The van der Waals surface area contributed by atoms with Gasteiger partial charge in [-0.25, -0.2) is 9.37 Å². The van der Waals surface area contributed by atoms with Crippen LogP contribution in [0.15, 0.2) is 75.6 Å². The lowest BCUT2D eigenvalue weighted by atomic mass is 10.3. The molecule has 0 fully saturated rings. The number of fused-ring (bicyclic) bond motifs is 1. The van der Waals surface area contributed by atoms with E-state index < -0.39 is 5.82 Å². The first-order valence-electron chi connectivity index (χ1n) is 7.13. The second-order valence-corrected chi connectivity index (χ2v) is 5.06. The van der Waals surface area contributed by atoms with E-state index >= 15 is 0 Å². The Morgan fingerprint density at radius 3 is 2.79 bits per heavy atom. The average molecular weight is 322 g/mol. The van der Waals surface area contributed by atoms with Crippen molar-refractivity contribution < 1.29 is 13.9 Å². The van der Waals surface area contributed by atoms with E-state index in [4.69, 9.17) is 4.42 Å². The predicted molar refractivity (Wildman–Crippen MR) is 85.1 cm³/mol. The topological polar surface area (TPSA) is 75.4 Å². The summed E-state index contributed by atoms with van der Waals surface area (Å²) in [5.74, 6) is 0.508. The fourth-order valence-electron chi connectivity index (χ4n) is 2.34. The number of hydrogen-bond acceptors (Lipinski definition) is 5. The number of aromatic nitrogens is 2. The van der Waals surface area contributed by atoms with Crippen molar-refractivity contribution in [1.29, 1.82) is 0 Å². The van der Waals surface area contributed by atoms with E-state index in [1.54, 1.807) is 30.3 Å². The summed E-state index contributed by atoms with van der Waals surface area (Å²) in [5, 5.41) is 17.8. The van der Waals surface area contributed by atoms with Gasteiger partial charge in [0, 0.05) is 12.3 Å². The first kappa shape index (κ1) is 14.1. The van der Waals surface area contributed by atoms with E-state index in [0.717, 1.165) is 0 Å². The maximum absolute atomic E-state index is 13.6. The molecule has 1 aromatic carbocycles. The molecule has 24 heavy (non-hydrogen) atoms. The third-order valence-electron chi connectivity index (χ3n) is 3.40. The Balaban J connectivity index is 1.88. The highest BCUT2D eigenvalue weighted by Gasteiger charge is 2.16. The molecule has 0 saturated carbocycles. The second-order valence-electron chi connectivity index (χ2n) is 5.06. The highest BCUT2D eigenvalue weighted by atomic mass is 19.1. The number of rotatable bonds is 3. The SMILES string of the molecule is Oc1cccc(N=Nc2c(-c3ccco3)nc3ccc(F)cn23)c1. The second kappa shape index (κ2) is 5.62. The Morgan fingerprint density at radius 1 is 1.08 bits per heavy atom. The minimum Gasteiger partial charge on any atom is -0.508 e. The van der Waals surface area contributed by atoms with Gasteiger partial charge in [0.15, 0.2) is 17.3 Å². The van der Waals surface area contributed by atoms with Gasteiger partial charge in [0.1, 0.15) is 17.2 Å². The van der Waals surface area contributed by atoms with Gasteiger partial charge in [-0.3, -0.25) is 4.40 Å². The fraction of sp³-hybridized carbons (Fsp3) is 0. The molecule has 0 spiro atoms. The van der Waals surface area contributed by atoms with Gasteiger partial charge in [0.05, 0.1) is 12.0 Å². The summed E-state index contributed by atoms with van der Waals surface area (Å²) in [5.41, 5.74) is 1.44. The number of aromatic hydroxyl groups is 1. The monoisotopic (exact) mass is 322 g/mol. The van der Waals surface area contributed by atoms with Crippen molar-refractivity contribution in [3.8, 4) is 17.2 Å². The summed E-state index contributed by atoms with van der Waals surface area (Å²) in [6.07, 6.45) is 2.81. The lowest BCUT2D eigenvalue weighted by Gasteiger charge is -1.98. The first-order valence-corrected chi connectivity index (χ1v) is 7.13. The maximum Gasteiger partial charge on any atom is 0.190 e. The van der Waals surface area contributed by atoms with Crippen LogP contribution in [-0.4, -0.2) is 14.5 Å². The summed E-state index contributed by atoms with van der Waals surface area (Å²) in [6.45, 7) is 0. The van der Waals surface area contributed by atoms with Gasteiger partial charge in [-0.1, -0.05) is 6.07 Å². The van der Waals surface area contributed by atoms with Crippen LogP contribution in [0.2, 0.25) is 0 Å². The quantitative estimate of drug-likeness (QED) is 0.548. The molecule has 4 rings (SSSR count). The number of pyridine rings is 1. The molecule has 0 radical (unpaired) electrons. The fourth-order valence-corrected chi connectivity index (χ4v) is 2.34. The summed E-state index contributed by atoms with van der Waals surface area (Å²) >= 11 is 0. The molecular formula is C17H11FN4O2. The molecule has 7 heteroatoms. The van der Waals surface area contributed by atoms with Crippen molar-refractivity contribution in [3.63, 3.8) is 0 Å². The molecular weight excluding hydrogens is 311 g/mol. The van der Waals surface area contributed by atoms with Gasteiger partial charge in [0.25, 0.3) is 0 Å². The van der Waals surface area contributed by atoms with Crippen molar-refractivity contribution in [2.75, 3.05) is 0 Å². The zero-order valence-corrected chi connectivity index (χ0v) is 12.3. The molecule has 3 aromatic heterocycles. The highest BCUT2D eigenvalue weighted by molar-refractivity contribution is 5.71. The lowest BCUT2D eigenvalue weighted by molar-refractivity contribution is 0.475. The zero-order valence-electron chi connectivity index (χ0n) is 12.3. The summed E-state index contributed by atoms with van der Waals surface area (Å²) < 4.78 is 20.5. The minimum absolute atomic E-state index is 0.0851. The van der Waals surface area contributed by atoms with Crippen LogP contribution in [0.4, 0.5) is 15.9 Å². The van der Waals surface area contributed by atoms with Crippen LogP contribution in [0.1, 0.15) is 0 Å². The molecule has 0 atom stereocenters. The number of azo groups is 1. The minimum atomic E-state index is -0.417. The Kier molecular flexibility index (Phi) is 3.31. The summed E-state index contributed by atoms with van der Waals surface area (Å²) in [7, 11) is 0. The molecule has 0 aliphatic carbocycles. The van der Waals surface area contributed by atoms with Crippen LogP contribution in [0, 0.1) is 5.82 Å². The number of imidazole rings is 1. The smallest absolute Gasteiger partial charge is 0.190 e. The summed E-state index contributed by atoms with van der Waals surface area (Å²) in [6, 6.07) is 12.7. The number of benzene rings is 1. The van der Waals surface area contributed by atoms with Crippen molar-refractivity contribution >= 4 is 17.2 Å². The average Bonchev–Trinajstić information content (AvgIpc) is 3.20. The van der Waals surface area contributed by atoms with Crippen molar-refractivity contribution in [2.24, 2.45) is 10.2 Å². The van der Waals surface area contributed by atoms with Gasteiger partial charge in [-0.15, -0.1) is 10.2 Å². The van der Waals surface area contributed by atoms with Crippen LogP contribution >= 0.6 is 0 Å². The van der Waals surface area contributed by atoms with Crippen LogP contribution in [0.3, 0.4) is 0 Å². The number of halogens is 1. The van der Waals surface area contributed by atoms with Crippen molar-refractivity contribution in [2.45, 2.75) is 0 Å². The van der Waals surface area contributed by atoms with Gasteiger partial charge in [-0.05, 0) is 36.4 Å². The Hall–Kier alpha value is -3.48. The molecule has 0 unspecified atom stereocenters. The van der Waals surface area contributed by atoms with E-state index in [9.17, 15) is 9.50 Å². The molecule has 0 amide bonds. The zero-order chi connectivity index (χ0) is 16.5. The van der Waals surface area contributed by atoms with E-state index in [1.165, 1.54) is 35.1 Å². The van der Waals surface area contributed by atoms with E-state index in [2.05, 4.69) is 15.2 Å². The van der Waals surface area contributed by atoms with Crippen LogP contribution < -0.4 is 0 Å². The van der Waals surface area contributed by atoms with Crippen LogP contribution in [0.5, 0.6) is 5.75 Å². The van der Waals surface area contributed by atoms with Crippen molar-refractivity contribution in [3.05, 3.63) is 66.8 Å². The van der Waals surface area contributed by atoms with E-state index in [1.807, 2.05) is 0 Å². The Morgan fingerprint density at radius 2 is 2.00 bits per heavy atom. The standard InChI is InChI=1S/C17H11FN4O2/c18-11-6-7-15-19-16(14-5-2-8-24-14)17(22(15)10-11)21-20-12-3-1-4-13(23)9-12/h1-10,23H. The first-order chi connectivity index (χ1) is 11.7. The third kappa shape index (κ3) is 2.52. The molecule has 6 nitrogen and oxygen atoms in total. The molecule has 0 aliphatic heterocycles. The lowest BCUT2D eigenvalue weighted by Crippen LogP contribution is -1.85. The Bertz CT molecular complexity index is 1040. The molecule has 4 aromatic rings. The van der Waals surface area contributed by atoms with Gasteiger partial charge < -0.3 is 9.52 Å². The highest BCUT2D eigenvalue weighted by Crippen LogP contribution is 2.33. The predicted octanol–water partition coefficient (Wildman–Crippen LogP) is 4.85. The Labute approximate surface area is 135 Å². The largest absolute Gasteiger partial charge is 0.508 e. The number of phenolic OH excluding ortho intramolecular Hbond substituents is 1.